The molecule has 1 unspecified atom stereocenters. The molecule has 1 aliphatic heterocycles. The molecular formula is C13H24N2O. The van der Waals surface area contributed by atoms with Gasteiger partial charge in [-0.05, 0) is 31.2 Å². The lowest BCUT2D eigenvalue weighted by Crippen LogP contribution is -2.36. The molecule has 0 aliphatic carbocycles. The summed E-state index contributed by atoms with van der Waals surface area (Å²) < 4.78 is 0. The summed E-state index contributed by atoms with van der Waals surface area (Å²) in [4.78, 5) is 13.9. The molecule has 0 bridgehead atoms. The molecule has 0 aromatic heterocycles. The first-order chi connectivity index (χ1) is 7.63. The van der Waals surface area contributed by atoms with Crippen molar-refractivity contribution in [2.24, 2.45) is 17.6 Å². The van der Waals surface area contributed by atoms with Crippen molar-refractivity contribution in [1.29, 1.82) is 0 Å². The third-order valence-electron chi connectivity index (χ3n) is 3.01. The number of hydrogen-bond donors (Lipinski definition) is 1. The minimum atomic E-state index is 0.264. The summed E-state index contributed by atoms with van der Waals surface area (Å²) in [6.07, 6.45) is 6.86. The summed E-state index contributed by atoms with van der Waals surface area (Å²) in [7, 11) is 0. The van der Waals surface area contributed by atoms with E-state index in [0.717, 1.165) is 25.9 Å². The largest absolute Gasteiger partial charge is 0.339 e. The highest BCUT2D eigenvalue weighted by Gasteiger charge is 2.19. The number of hydrogen-bond acceptors (Lipinski definition) is 2. The number of amides is 1. The van der Waals surface area contributed by atoms with Crippen molar-refractivity contribution in [2.75, 3.05) is 19.6 Å². The first-order valence-corrected chi connectivity index (χ1v) is 6.26. The van der Waals surface area contributed by atoms with Gasteiger partial charge in [0.05, 0.1) is 0 Å². The van der Waals surface area contributed by atoms with E-state index in [1.165, 1.54) is 0 Å². The fourth-order valence-corrected chi connectivity index (χ4v) is 2.17. The maximum Gasteiger partial charge on any atom is 0.223 e. The van der Waals surface area contributed by atoms with E-state index in [4.69, 9.17) is 5.73 Å². The van der Waals surface area contributed by atoms with Gasteiger partial charge in [-0.25, -0.2) is 0 Å². The molecule has 1 rings (SSSR count). The van der Waals surface area contributed by atoms with E-state index in [2.05, 4.69) is 26.0 Å². The maximum absolute atomic E-state index is 12.0. The van der Waals surface area contributed by atoms with Crippen LogP contribution in [0.2, 0.25) is 0 Å². The van der Waals surface area contributed by atoms with Gasteiger partial charge >= 0.3 is 0 Å². The first-order valence-electron chi connectivity index (χ1n) is 6.26. The van der Waals surface area contributed by atoms with E-state index >= 15 is 0 Å². The van der Waals surface area contributed by atoms with Gasteiger partial charge in [0.15, 0.2) is 0 Å². The van der Waals surface area contributed by atoms with Crippen LogP contribution in [-0.2, 0) is 4.79 Å². The third-order valence-corrected chi connectivity index (χ3v) is 3.01. The Bertz CT molecular complexity index is 248. The smallest absolute Gasteiger partial charge is 0.223 e. The lowest BCUT2D eigenvalue weighted by Gasteiger charge is -2.26. The summed E-state index contributed by atoms with van der Waals surface area (Å²) >= 11 is 0. The molecule has 0 aromatic carbocycles. The topological polar surface area (TPSA) is 46.3 Å². The fraction of sp³-hybridized carbons (Fsp3) is 0.769. The fourth-order valence-electron chi connectivity index (χ4n) is 2.17. The zero-order chi connectivity index (χ0) is 12.0. The Balaban J connectivity index is 2.38. The highest BCUT2D eigenvalue weighted by molar-refractivity contribution is 5.76. The number of carbonyl (C=O) groups is 1. The van der Waals surface area contributed by atoms with Crippen LogP contribution in [0.25, 0.3) is 0 Å². The van der Waals surface area contributed by atoms with Gasteiger partial charge in [0, 0.05) is 19.5 Å². The Kier molecular flexibility index (Phi) is 5.53. The number of carbonyl (C=O) groups excluding carboxylic acids is 1. The van der Waals surface area contributed by atoms with E-state index in [-0.39, 0.29) is 5.91 Å². The molecule has 1 atom stereocenters. The Hall–Kier alpha value is -0.830. The summed E-state index contributed by atoms with van der Waals surface area (Å²) in [6.45, 7) is 6.62. The van der Waals surface area contributed by atoms with Crippen molar-refractivity contribution >= 4 is 5.91 Å². The average molecular weight is 224 g/mol. The second-order valence-electron chi connectivity index (χ2n) is 5.04. The van der Waals surface area contributed by atoms with Gasteiger partial charge in [-0.1, -0.05) is 26.0 Å². The number of rotatable bonds is 5. The molecule has 3 heteroatoms. The van der Waals surface area contributed by atoms with Crippen molar-refractivity contribution in [3.63, 3.8) is 0 Å². The lowest BCUT2D eigenvalue weighted by atomic mass is 9.93. The highest BCUT2D eigenvalue weighted by atomic mass is 16.2. The summed E-state index contributed by atoms with van der Waals surface area (Å²) in [6, 6.07) is 0. The van der Waals surface area contributed by atoms with Gasteiger partial charge in [-0.2, -0.15) is 0 Å². The minimum Gasteiger partial charge on any atom is -0.339 e. The molecule has 0 saturated carbocycles. The highest BCUT2D eigenvalue weighted by Crippen LogP contribution is 2.16. The van der Waals surface area contributed by atoms with Crippen molar-refractivity contribution in [2.45, 2.75) is 33.1 Å². The number of nitrogens with zero attached hydrogens (tertiary/aromatic N) is 1. The second kappa shape index (κ2) is 6.69. The first kappa shape index (κ1) is 13.2. The second-order valence-corrected chi connectivity index (χ2v) is 5.04. The molecule has 2 N–H and O–H groups in total. The van der Waals surface area contributed by atoms with Gasteiger partial charge in [-0.15, -0.1) is 0 Å². The van der Waals surface area contributed by atoms with Crippen LogP contribution in [0.3, 0.4) is 0 Å². The summed E-state index contributed by atoms with van der Waals surface area (Å²) in [5.41, 5.74) is 5.71. The van der Waals surface area contributed by atoms with Crippen LogP contribution in [0.5, 0.6) is 0 Å². The Morgan fingerprint density at radius 1 is 1.44 bits per heavy atom. The van der Waals surface area contributed by atoms with Gasteiger partial charge < -0.3 is 10.6 Å². The third kappa shape index (κ3) is 4.35. The quantitative estimate of drug-likeness (QED) is 0.724. The molecule has 0 spiro atoms. The summed E-state index contributed by atoms with van der Waals surface area (Å²) in [5, 5.41) is 0. The Morgan fingerprint density at radius 2 is 2.19 bits per heavy atom. The van der Waals surface area contributed by atoms with E-state index in [1.54, 1.807) is 0 Å². The molecule has 1 aliphatic rings. The Morgan fingerprint density at radius 3 is 2.69 bits per heavy atom. The normalized spacial score (nSPS) is 17.9. The molecule has 0 radical (unpaired) electrons. The average Bonchev–Trinajstić information content (AvgIpc) is 2.28. The zero-order valence-electron chi connectivity index (χ0n) is 10.5. The monoisotopic (exact) mass is 224 g/mol. The predicted octanol–water partition coefficient (Wildman–Crippen LogP) is 1.79. The molecule has 1 heterocycles. The van der Waals surface area contributed by atoms with Crippen LogP contribution in [0.4, 0.5) is 0 Å². The Labute approximate surface area is 98.7 Å². The van der Waals surface area contributed by atoms with Crippen LogP contribution in [-0.4, -0.2) is 30.4 Å². The lowest BCUT2D eigenvalue weighted by molar-refractivity contribution is -0.131. The van der Waals surface area contributed by atoms with Gasteiger partial charge in [0.25, 0.3) is 0 Å². The molecule has 1 amide bonds. The molecule has 0 saturated heterocycles. The molecule has 3 nitrogen and oxygen atoms in total. The molecule has 16 heavy (non-hydrogen) atoms. The number of nitrogens with two attached hydrogens (primary N) is 1. The van der Waals surface area contributed by atoms with Crippen molar-refractivity contribution < 1.29 is 4.79 Å². The van der Waals surface area contributed by atoms with Crippen LogP contribution in [0.1, 0.15) is 33.1 Å². The van der Waals surface area contributed by atoms with Crippen molar-refractivity contribution in [1.82, 2.24) is 4.90 Å². The van der Waals surface area contributed by atoms with E-state index in [0.29, 0.717) is 24.8 Å². The van der Waals surface area contributed by atoms with E-state index < -0.39 is 0 Å². The van der Waals surface area contributed by atoms with E-state index in [9.17, 15) is 4.79 Å². The van der Waals surface area contributed by atoms with E-state index in [1.807, 2.05) is 4.90 Å². The molecule has 0 aromatic rings. The molecule has 0 fully saturated rings. The molecular weight excluding hydrogens is 200 g/mol. The van der Waals surface area contributed by atoms with Crippen LogP contribution >= 0.6 is 0 Å². The summed E-state index contributed by atoms with van der Waals surface area (Å²) in [5.74, 6) is 1.22. The van der Waals surface area contributed by atoms with Crippen LogP contribution < -0.4 is 5.73 Å². The van der Waals surface area contributed by atoms with Gasteiger partial charge in [-0.3, -0.25) is 4.79 Å². The van der Waals surface area contributed by atoms with Crippen molar-refractivity contribution in [3.8, 4) is 0 Å². The maximum atomic E-state index is 12.0. The standard InChI is InChI=1S/C13H24N2O/c1-11(2)8-12(10-14)9-13(16)15-6-4-3-5-7-15/h3-4,11-12H,5-10,14H2,1-2H3. The van der Waals surface area contributed by atoms with Crippen LogP contribution in [0.15, 0.2) is 12.2 Å². The van der Waals surface area contributed by atoms with Gasteiger partial charge in [0.1, 0.15) is 0 Å². The molecule has 92 valence electrons. The van der Waals surface area contributed by atoms with Crippen LogP contribution in [0, 0.1) is 11.8 Å². The minimum absolute atomic E-state index is 0.264. The van der Waals surface area contributed by atoms with Gasteiger partial charge in [0.2, 0.25) is 5.91 Å². The van der Waals surface area contributed by atoms with Crippen molar-refractivity contribution in [3.05, 3.63) is 12.2 Å². The zero-order valence-corrected chi connectivity index (χ0v) is 10.5. The SMILES string of the molecule is CC(C)CC(CN)CC(=O)N1CC=CCC1. The predicted molar refractivity (Wildman–Crippen MR) is 67.0 cm³/mol.